The van der Waals surface area contributed by atoms with Crippen LogP contribution in [0.25, 0.3) is 0 Å². The number of rotatable bonds is 9. The minimum absolute atomic E-state index is 0.00895. The van der Waals surface area contributed by atoms with Gasteiger partial charge in [0.25, 0.3) is 0 Å². The summed E-state index contributed by atoms with van der Waals surface area (Å²) in [6.45, 7) is 4.96. The van der Waals surface area contributed by atoms with Gasteiger partial charge in [-0.2, -0.15) is 0 Å². The van der Waals surface area contributed by atoms with Crippen LogP contribution in [0.15, 0.2) is 41.4 Å². The van der Waals surface area contributed by atoms with E-state index < -0.39 is 36.2 Å². The van der Waals surface area contributed by atoms with Crippen molar-refractivity contribution in [1.82, 2.24) is 10.6 Å². The normalized spacial score (nSPS) is 13.6. The number of aliphatic hydroxyl groups is 1. The van der Waals surface area contributed by atoms with Crippen molar-refractivity contribution in [3.05, 3.63) is 47.0 Å². The highest BCUT2D eigenvalue weighted by molar-refractivity contribution is 9.11. The summed E-state index contributed by atoms with van der Waals surface area (Å²) < 4.78 is 10.1. The molecule has 0 aliphatic rings. The first-order valence-electron chi connectivity index (χ1n) is 8.11. The molecule has 0 fully saturated rings. The molecule has 0 bridgehead atoms. The van der Waals surface area contributed by atoms with E-state index >= 15 is 0 Å². The Bertz CT molecular complexity index is 665. The number of aliphatic hydroxyl groups excluding tert-OH is 1. The minimum atomic E-state index is -1.32. The van der Waals surface area contributed by atoms with Crippen molar-refractivity contribution in [2.45, 2.75) is 38.1 Å². The molecule has 0 radical (unpaired) electrons. The summed E-state index contributed by atoms with van der Waals surface area (Å²) in [5, 5.41) is 14.6. The van der Waals surface area contributed by atoms with Crippen LogP contribution < -0.4 is 10.6 Å². The van der Waals surface area contributed by atoms with Gasteiger partial charge in [-0.05, 0) is 17.0 Å². The molecule has 0 aromatic heterocycles. The monoisotopic (exact) mass is 442 g/mol. The van der Waals surface area contributed by atoms with E-state index in [0.29, 0.717) is 4.48 Å². The van der Waals surface area contributed by atoms with Crippen molar-refractivity contribution in [1.29, 1.82) is 0 Å². The number of benzene rings is 1. The first-order valence-corrected chi connectivity index (χ1v) is 8.90. The molecule has 1 rings (SSSR count). The lowest BCUT2D eigenvalue weighted by Crippen LogP contribution is -2.55. The SMILES string of the molecule is C=C(Br)C[C@@H](NC(=O)[C@@H](NC(=O)OCc1ccccc1)[C@@H](C)O)C(=O)OC. The predicted molar refractivity (Wildman–Crippen MR) is 102 cm³/mol. The third kappa shape index (κ3) is 8.23. The maximum Gasteiger partial charge on any atom is 0.408 e. The molecule has 0 aliphatic heterocycles. The summed E-state index contributed by atoms with van der Waals surface area (Å²) in [5.74, 6) is -1.44. The largest absolute Gasteiger partial charge is 0.467 e. The molecular formula is C18H23BrN2O6. The van der Waals surface area contributed by atoms with Crippen LogP contribution >= 0.6 is 15.9 Å². The van der Waals surface area contributed by atoms with Crippen molar-refractivity contribution >= 4 is 33.9 Å². The smallest absolute Gasteiger partial charge is 0.408 e. The molecule has 1 aromatic rings. The van der Waals surface area contributed by atoms with Crippen LogP contribution in [0.4, 0.5) is 4.79 Å². The quantitative estimate of drug-likeness (QED) is 0.500. The van der Waals surface area contributed by atoms with Crippen molar-refractivity contribution in [3.63, 3.8) is 0 Å². The van der Waals surface area contributed by atoms with Gasteiger partial charge in [-0.15, -0.1) is 0 Å². The van der Waals surface area contributed by atoms with Gasteiger partial charge in [-0.3, -0.25) is 4.79 Å². The fraction of sp³-hybridized carbons (Fsp3) is 0.389. The van der Waals surface area contributed by atoms with Crippen LogP contribution in [0.5, 0.6) is 0 Å². The summed E-state index contributed by atoms with van der Waals surface area (Å²) in [4.78, 5) is 36.1. The fourth-order valence-electron chi connectivity index (χ4n) is 2.12. The van der Waals surface area contributed by atoms with Crippen LogP contribution in [0.1, 0.15) is 18.9 Å². The fourth-order valence-corrected chi connectivity index (χ4v) is 2.44. The molecule has 0 aliphatic carbocycles. The Labute approximate surface area is 166 Å². The number of hydrogen-bond donors (Lipinski definition) is 3. The van der Waals surface area contributed by atoms with E-state index in [1.165, 1.54) is 14.0 Å². The number of methoxy groups -OCH3 is 1. The van der Waals surface area contributed by atoms with Crippen molar-refractivity contribution in [2.24, 2.45) is 0 Å². The molecule has 0 saturated heterocycles. The zero-order valence-corrected chi connectivity index (χ0v) is 16.7. The average molecular weight is 443 g/mol. The Morgan fingerprint density at radius 1 is 1.22 bits per heavy atom. The molecule has 0 saturated carbocycles. The summed E-state index contributed by atoms with van der Waals surface area (Å²) >= 11 is 3.12. The number of halogens is 1. The third-order valence-corrected chi connectivity index (χ3v) is 3.80. The Hall–Kier alpha value is -2.39. The van der Waals surface area contributed by atoms with Gasteiger partial charge >= 0.3 is 12.1 Å². The Kier molecular flexibility index (Phi) is 9.52. The second kappa shape index (κ2) is 11.3. The van der Waals surface area contributed by atoms with Gasteiger partial charge in [-0.1, -0.05) is 52.8 Å². The zero-order valence-electron chi connectivity index (χ0n) is 15.1. The number of carbonyl (C=O) groups excluding carboxylic acids is 3. The zero-order chi connectivity index (χ0) is 20.4. The number of carbonyl (C=O) groups is 3. The van der Waals surface area contributed by atoms with E-state index in [4.69, 9.17) is 4.74 Å². The lowest BCUT2D eigenvalue weighted by Gasteiger charge is -2.23. The summed E-state index contributed by atoms with van der Waals surface area (Å²) in [7, 11) is 1.18. The van der Waals surface area contributed by atoms with E-state index in [9.17, 15) is 19.5 Å². The maximum atomic E-state index is 12.4. The summed E-state index contributed by atoms with van der Waals surface area (Å²) in [6, 6.07) is 6.65. The van der Waals surface area contributed by atoms with E-state index in [2.05, 4.69) is 37.9 Å². The Morgan fingerprint density at radius 3 is 2.37 bits per heavy atom. The maximum absolute atomic E-state index is 12.4. The van der Waals surface area contributed by atoms with Crippen LogP contribution in [-0.4, -0.2) is 48.4 Å². The van der Waals surface area contributed by atoms with E-state index in [-0.39, 0.29) is 13.0 Å². The number of hydrogen-bond acceptors (Lipinski definition) is 6. The van der Waals surface area contributed by atoms with E-state index in [1.54, 1.807) is 24.3 Å². The van der Waals surface area contributed by atoms with E-state index in [1.807, 2.05) is 6.07 Å². The molecule has 0 unspecified atom stereocenters. The van der Waals surface area contributed by atoms with Crippen LogP contribution in [0.2, 0.25) is 0 Å². The lowest BCUT2D eigenvalue weighted by atomic mass is 10.1. The van der Waals surface area contributed by atoms with Gasteiger partial charge in [0.1, 0.15) is 18.7 Å². The number of alkyl carbamates (subject to hydrolysis) is 1. The Morgan fingerprint density at radius 2 is 1.85 bits per heavy atom. The molecule has 27 heavy (non-hydrogen) atoms. The molecule has 0 heterocycles. The average Bonchev–Trinajstić information content (AvgIpc) is 2.63. The molecule has 9 heteroatoms. The highest BCUT2D eigenvalue weighted by Crippen LogP contribution is 2.11. The second-order valence-corrected chi connectivity index (χ2v) is 6.85. The molecule has 3 atom stereocenters. The molecule has 148 valence electrons. The number of amides is 2. The summed E-state index contributed by atoms with van der Waals surface area (Å²) in [5.41, 5.74) is 0.771. The van der Waals surface area contributed by atoms with Crippen LogP contribution in [0, 0.1) is 0 Å². The van der Waals surface area contributed by atoms with Crippen molar-refractivity contribution < 1.29 is 29.0 Å². The first-order chi connectivity index (χ1) is 12.7. The van der Waals surface area contributed by atoms with Gasteiger partial charge in [0.05, 0.1) is 13.2 Å². The first kappa shape index (κ1) is 22.7. The number of nitrogens with one attached hydrogen (secondary N) is 2. The molecular weight excluding hydrogens is 420 g/mol. The Balaban J connectivity index is 2.69. The van der Waals surface area contributed by atoms with Gasteiger partial charge in [0, 0.05) is 6.42 Å². The summed E-state index contributed by atoms with van der Waals surface area (Å²) in [6.07, 6.45) is -2.01. The van der Waals surface area contributed by atoms with Crippen LogP contribution in [-0.2, 0) is 25.7 Å². The van der Waals surface area contributed by atoms with Gasteiger partial charge < -0.3 is 25.2 Å². The third-order valence-electron chi connectivity index (χ3n) is 3.48. The van der Waals surface area contributed by atoms with Gasteiger partial charge in [-0.25, -0.2) is 9.59 Å². The second-order valence-electron chi connectivity index (χ2n) is 5.73. The highest BCUT2D eigenvalue weighted by Gasteiger charge is 2.30. The predicted octanol–water partition coefficient (Wildman–Crippen LogP) is 1.62. The molecule has 0 spiro atoms. The topological polar surface area (TPSA) is 114 Å². The van der Waals surface area contributed by atoms with Crippen LogP contribution in [0.3, 0.4) is 0 Å². The molecule has 2 amide bonds. The van der Waals surface area contributed by atoms with Crippen molar-refractivity contribution in [3.8, 4) is 0 Å². The highest BCUT2D eigenvalue weighted by atomic mass is 79.9. The standard InChI is InChI=1S/C18H23BrN2O6/c1-11(19)9-14(17(24)26-3)20-16(23)15(12(2)22)21-18(25)27-10-13-7-5-4-6-8-13/h4-8,12,14-15,22H,1,9-10H2,2-3H3,(H,20,23)(H,21,25)/t12-,14-,15+/m1/s1. The lowest BCUT2D eigenvalue weighted by molar-refractivity contribution is -0.145. The molecule has 8 nitrogen and oxygen atoms in total. The van der Waals surface area contributed by atoms with Crippen molar-refractivity contribution in [2.75, 3.05) is 7.11 Å². The van der Waals surface area contributed by atoms with E-state index in [0.717, 1.165) is 5.56 Å². The van der Waals surface area contributed by atoms with Gasteiger partial charge in [0.15, 0.2) is 0 Å². The van der Waals surface area contributed by atoms with Gasteiger partial charge in [0.2, 0.25) is 5.91 Å². The minimum Gasteiger partial charge on any atom is -0.467 e. The number of esters is 1. The molecule has 3 N–H and O–H groups in total. The number of ether oxygens (including phenoxy) is 2. The molecule has 1 aromatic carbocycles.